The number of hydrogen-bond donors (Lipinski definition) is 1. The smallest absolute Gasteiger partial charge is 0.360 e. The van der Waals surface area contributed by atoms with Crippen LogP contribution in [0.4, 0.5) is 0 Å². The first kappa shape index (κ1) is 32.3. The van der Waals surface area contributed by atoms with Gasteiger partial charge in [-0.05, 0) is 99.6 Å². The number of aliphatic carboxylic acids is 1. The SMILES string of the molecule is O=C(O)C(Cl)Oc1ccc(SCC=C(c2ccc(-c3cc(Cl)cc(Cl)c3)cc2)c2ccc(-c3cc(Cl)cc(Cl)c3)cc2)cc1. The molecular weight excluding hydrogens is 678 g/mol. The van der Waals surface area contributed by atoms with Gasteiger partial charge < -0.3 is 9.84 Å². The second-order valence-electron chi connectivity index (χ2n) is 9.64. The Balaban J connectivity index is 1.41. The van der Waals surface area contributed by atoms with Crippen molar-refractivity contribution in [1.82, 2.24) is 0 Å². The number of rotatable bonds is 10. The van der Waals surface area contributed by atoms with Crippen LogP contribution >= 0.6 is 69.8 Å². The summed E-state index contributed by atoms with van der Waals surface area (Å²) in [5.74, 6) is -0.174. The molecule has 0 radical (unpaired) electrons. The molecule has 1 atom stereocenters. The predicted octanol–water partition coefficient (Wildman–Crippen LogP) is 11.9. The minimum atomic E-state index is -1.44. The first-order chi connectivity index (χ1) is 21.1. The maximum Gasteiger partial charge on any atom is 0.360 e. The quantitative estimate of drug-likeness (QED) is 0.116. The Hall–Kier alpha value is -3.09. The van der Waals surface area contributed by atoms with Crippen LogP contribution in [0.2, 0.25) is 20.1 Å². The van der Waals surface area contributed by atoms with Crippen molar-refractivity contribution in [1.29, 1.82) is 0 Å². The van der Waals surface area contributed by atoms with Gasteiger partial charge >= 0.3 is 5.97 Å². The molecule has 0 aliphatic rings. The lowest BCUT2D eigenvalue weighted by molar-refractivity contribution is -0.141. The molecule has 1 N–H and O–H groups in total. The molecule has 9 heteroatoms. The zero-order valence-electron chi connectivity index (χ0n) is 22.8. The van der Waals surface area contributed by atoms with Crippen LogP contribution in [0.15, 0.2) is 120 Å². The standard InChI is InChI=1S/C35H23Cl5O3S/c36-27-15-25(16-28(37)19-27)21-1-5-23(6-2-21)33(13-14-44-32-11-9-31(10-12-32)43-34(40)35(41)42)24-7-3-22(4-8-24)26-17-29(38)20-30(39)18-26/h1-13,15-20,34H,14H2,(H,41,42). The summed E-state index contributed by atoms with van der Waals surface area (Å²) < 4.78 is 5.21. The van der Waals surface area contributed by atoms with Crippen molar-refractivity contribution < 1.29 is 14.6 Å². The third kappa shape index (κ3) is 8.54. The van der Waals surface area contributed by atoms with Crippen molar-refractivity contribution >= 4 is 81.3 Å². The summed E-state index contributed by atoms with van der Waals surface area (Å²) in [6, 6.07) is 34.7. The van der Waals surface area contributed by atoms with Gasteiger partial charge in [0.05, 0.1) is 0 Å². The molecule has 3 nitrogen and oxygen atoms in total. The molecule has 0 amide bonds. The molecule has 0 saturated carbocycles. The summed E-state index contributed by atoms with van der Waals surface area (Å²) in [5.41, 5.74) is 5.61. The highest BCUT2D eigenvalue weighted by Crippen LogP contribution is 2.33. The van der Waals surface area contributed by atoms with E-state index in [-0.39, 0.29) is 0 Å². The molecule has 0 aliphatic carbocycles. The zero-order chi connectivity index (χ0) is 31.2. The van der Waals surface area contributed by atoms with Crippen LogP contribution in [-0.2, 0) is 4.79 Å². The van der Waals surface area contributed by atoms with Crippen molar-refractivity contribution in [2.75, 3.05) is 5.75 Å². The van der Waals surface area contributed by atoms with Crippen molar-refractivity contribution in [3.8, 4) is 28.0 Å². The Kier molecular flexibility index (Phi) is 10.9. The fraction of sp³-hybridized carbons (Fsp3) is 0.0571. The van der Waals surface area contributed by atoms with Crippen LogP contribution in [0.5, 0.6) is 5.75 Å². The lowest BCUT2D eigenvalue weighted by Crippen LogP contribution is -2.20. The Morgan fingerprint density at radius 3 is 1.50 bits per heavy atom. The Morgan fingerprint density at radius 2 is 1.09 bits per heavy atom. The Bertz CT molecular complexity index is 1670. The molecule has 5 aromatic rings. The summed E-state index contributed by atoms with van der Waals surface area (Å²) in [6.45, 7) is 0. The summed E-state index contributed by atoms with van der Waals surface area (Å²) in [4.78, 5) is 12.0. The Morgan fingerprint density at radius 1 is 0.659 bits per heavy atom. The van der Waals surface area contributed by atoms with Gasteiger partial charge in [-0.1, -0.05) is 113 Å². The first-order valence-corrected chi connectivity index (χ1v) is 16.2. The second kappa shape index (κ2) is 14.8. The molecule has 0 aliphatic heterocycles. The lowest BCUT2D eigenvalue weighted by Gasteiger charge is -2.12. The molecule has 0 heterocycles. The number of hydrogen-bond acceptors (Lipinski definition) is 3. The number of alkyl halides is 1. The Labute approximate surface area is 285 Å². The minimum absolute atomic E-state index is 0.384. The largest absolute Gasteiger partial charge is 0.478 e. The van der Waals surface area contributed by atoms with Gasteiger partial charge in [0.1, 0.15) is 5.75 Å². The highest BCUT2D eigenvalue weighted by atomic mass is 35.5. The van der Waals surface area contributed by atoms with Crippen LogP contribution in [0.1, 0.15) is 11.1 Å². The molecule has 222 valence electrons. The predicted molar refractivity (Wildman–Crippen MR) is 186 cm³/mol. The van der Waals surface area contributed by atoms with Crippen molar-refractivity contribution in [2.45, 2.75) is 10.5 Å². The molecule has 0 spiro atoms. The fourth-order valence-electron chi connectivity index (χ4n) is 4.53. The van der Waals surface area contributed by atoms with Crippen LogP contribution in [0.25, 0.3) is 27.8 Å². The maximum absolute atomic E-state index is 11.0. The molecule has 44 heavy (non-hydrogen) atoms. The number of ether oxygens (including phenoxy) is 1. The number of benzene rings is 5. The topological polar surface area (TPSA) is 46.5 Å². The maximum atomic E-state index is 11.0. The average molecular weight is 701 g/mol. The molecule has 1 unspecified atom stereocenters. The first-order valence-electron chi connectivity index (χ1n) is 13.2. The van der Waals surface area contributed by atoms with Gasteiger partial charge in [-0.3, -0.25) is 0 Å². The highest BCUT2D eigenvalue weighted by Gasteiger charge is 2.15. The van der Waals surface area contributed by atoms with Gasteiger partial charge in [0.15, 0.2) is 0 Å². The lowest BCUT2D eigenvalue weighted by atomic mass is 9.94. The normalized spacial score (nSPS) is 11.6. The number of carboxylic acids is 1. The second-order valence-corrected chi connectivity index (χ2v) is 12.9. The van der Waals surface area contributed by atoms with E-state index in [0.29, 0.717) is 31.6 Å². The van der Waals surface area contributed by atoms with Gasteiger partial charge in [0, 0.05) is 30.7 Å². The van der Waals surface area contributed by atoms with E-state index in [1.807, 2.05) is 36.4 Å². The fourth-order valence-corrected chi connectivity index (χ4v) is 6.46. The van der Waals surface area contributed by atoms with E-state index in [2.05, 4.69) is 54.6 Å². The van der Waals surface area contributed by atoms with Crippen LogP contribution < -0.4 is 4.74 Å². The van der Waals surface area contributed by atoms with Gasteiger partial charge in [-0.2, -0.15) is 0 Å². The summed E-state index contributed by atoms with van der Waals surface area (Å²) in [5, 5.41) is 11.3. The number of carboxylic acid groups (broad SMARTS) is 1. The van der Waals surface area contributed by atoms with E-state index in [1.165, 1.54) is 0 Å². The van der Waals surface area contributed by atoms with E-state index in [0.717, 1.165) is 43.8 Å². The zero-order valence-corrected chi connectivity index (χ0v) is 27.4. The van der Waals surface area contributed by atoms with Crippen molar-refractivity contribution in [3.63, 3.8) is 0 Å². The molecule has 0 aromatic heterocycles. The van der Waals surface area contributed by atoms with Gasteiger partial charge in [0.2, 0.25) is 0 Å². The van der Waals surface area contributed by atoms with Gasteiger partial charge in [0.25, 0.3) is 5.56 Å². The number of carbonyl (C=O) groups is 1. The molecule has 5 aromatic carbocycles. The van der Waals surface area contributed by atoms with E-state index in [9.17, 15) is 4.79 Å². The van der Waals surface area contributed by atoms with Crippen molar-refractivity contribution in [3.05, 3.63) is 146 Å². The minimum Gasteiger partial charge on any atom is -0.478 e. The van der Waals surface area contributed by atoms with E-state index >= 15 is 0 Å². The molecular formula is C35H23Cl5O3S. The number of thioether (sulfide) groups is 1. The average Bonchev–Trinajstić information content (AvgIpc) is 2.99. The molecule has 0 fully saturated rings. The summed E-state index contributed by atoms with van der Waals surface area (Å²) >= 11 is 32.3. The number of halogens is 5. The van der Waals surface area contributed by atoms with E-state index < -0.39 is 11.5 Å². The van der Waals surface area contributed by atoms with Gasteiger partial charge in [-0.25, -0.2) is 4.79 Å². The van der Waals surface area contributed by atoms with Crippen LogP contribution in [0.3, 0.4) is 0 Å². The van der Waals surface area contributed by atoms with E-state index in [4.69, 9.17) is 67.8 Å². The highest BCUT2D eigenvalue weighted by molar-refractivity contribution is 7.99. The molecule has 0 bridgehead atoms. The van der Waals surface area contributed by atoms with Gasteiger partial charge in [-0.15, -0.1) is 11.8 Å². The van der Waals surface area contributed by atoms with Crippen LogP contribution in [0, 0.1) is 0 Å². The summed E-state index contributed by atoms with van der Waals surface area (Å²) in [6.07, 6.45) is 2.19. The van der Waals surface area contributed by atoms with E-state index in [1.54, 1.807) is 36.0 Å². The van der Waals surface area contributed by atoms with Crippen molar-refractivity contribution in [2.24, 2.45) is 0 Å². The molecule has 5 rings (SSSR count). The third-order valence-corrected chi connectivity index (χ3v) is 8.67. The monoisotopic (exact) mass is 698 g/mol. The van der Waals surface area contributed by atoms with Crippen LogP contribution in [-0.4, -0.2) is 22.4 Å². The molecule has 0 saturated heterocycles. The summed E-state index contributed by atoms with van der Waals surface area (Å²) in [7, 11) is 0. The third-order valence-electron chi connectivity index (χ3n) is 6.58.